The fourth-order valence-electron chi connectivity index (χ4n) is 2.40. The van der Waals surface area contributed by atoms with Crippen LogP contribution in [-0.4, -0.2) is 12.7 Å². The van der Waals surface area contributed by atoms with E-state index >= 15 is 0 Å². The summed E-state index contributed by atoms with van der Waals surface area (Å²) < 4.78 is 5.63. The predicted octanol–water partition coefficient (Wildman–Crippen LogP) is 2.80. The highest BCUT2D eigenvalue weighted by atomic mass is 35.5. The number of ether oxygens (including phenoxy) is 1. The second-order valence-corrected chi connectivity index (χ2v) is 5.15. The highest BCUT2D eigenvalue weighted by Gasteiger charge is 2.39. The molecule has 3 N–H and O–H groups in total. The second kappa shape index (κ2) is 5.36. The molecule has 1 aliphatic carbocycles. The van der Waals surface area contributed by atoms with Gasteiger partial charge in [-0.2, -0.15) is 0 Å². The third-order valence-corrected chi connectivity index (χ3v) is 4.00. The van der Waals surface area contributed by atoms with E-state index in [-0.39, 0.29) is 11.6 Å². The van der Waals surface area contributed by atoms with Gasteiger partial charge in [-0.3, -0.25) is 11.3 Å². The molecule has 1 saturated carbocycles. The Morgan fingerprint density at radius 1 is 1.41 bits per heavy atom. The van der Waals surface area contributed by atoms with E-state index in [2.05, 4.69) is 5.43 Å². The maximum absolute atomic E-state index is 5.88. The van der Waals surface area contributed by atoms with Gasteiger partial charge in [0.2, 0.25) is 0 Å². The van der Waals surface area contributed by atoms with Gasteiger partial charge in [0.1, 0.15) is 0 Å². The Morgan fingerprint density at radius 2 is 2.06 bits per heavy atom. The molecule has 2 rings (SSSR count). The second-order valence-electron chi connectivity index (χ2n) is 4.72. The lowest BCUT2D eigenvalue weighted by atomic mass is 9.75. The normalized spacial score (nSPS) is 19.7. The highest BCUT2D eigenvalue weighted by Crippen LogP contribution is 2.41. The molecular formula is C13H19ClN2O. The molecule has 3 nitrogen and oxygen atoms in total. The van der Waals surface area contributed by atoms with Crippen LogP contribution in [-0.2, 0) is 4.74 Å². The summed E-state index contributed by atoms with van der Waals surface area (Å²) in [6.45, 7) is 0. The third kappa shape index (κ3) is 2.80. The van der Waals surface area contributed by atoms with Gasteiger partial charge in [0.05, 0.1) is 5.60 Å². The number of benzene rings is 1. The number of hydrogen-bond donors (Lipinski definition) is 2. The van der Waals surface area contributed by atoms with Gasteiger partial charge >= 0.3 is 0 Å². The molecule has 0 aliphatic heterocycles. The van der Waals surface area contributed by atoms with E-state index in [1.807, 2.05) is 24.3 Å². The third-order valence-electron chi connectivity index (χ3n) is 3.75. The topological polar surface area (TPSA) is 47.3 Å². The van der Waals surface area contributed by atoms with Crippen molar-refractivity contribution in [1.29, 1.82) is 0 Å². The Balaban J connectivity index is 2.08. The summed E-state index contributed by atoms with van der Waals surface area (Å²) in [7, 11) is 1.79. The van der Waals surface area contributed by atoms with E-state index in [9.17, 15) is 0 Å². The largest absolute Gasteiger partial charge is 0.378 e. The molecule has 17 heavy (non-hydrogen) atoms. The average Bonchev–Trinajstić information content (AvgIpc) is 2.30. The zero-order valence-electron chi connectivity index (χ0n) is 10.1. The van der Waals surface area contributed by atoms with Crippen LogP contribution in [0.3, 0.4) is 0 Å². The SMILES string of the molecule is COC1(CC(NN)c2ccc(Cl)cc2)CCC1. The minimum absolute atomic E-state index is 0.0106. The van der Waals surface area contributed by atoms with Gasteiger partial charge in [-0.05, 0) is 43.4 Å². The molecule has 0 spiro atoms. The first kappa shape index (κ1) is 12.8. The zero-order valence-corrected chi connectivity index (χ0v) is 10.8. The minimum atomic E-state index is 0.0106. The summed E-state index contributed by atoms with van der Waals surface area (Å²) in [6, 6.07) is 7.92. The number of halogens is 1. The number of hydrogen-bond acceptors (Lipinski definition) is 3. The van der Waals surface area contributed by atoms with Crippen LogP contribution in [0.1, 0.15) is 37.3 Å². The zero-order chi connectivity index (χ0) is 12.3. The van der Waals surface area contributed by atoms with E-state index in [0.29, 0.717) is 0 Å². The van der Waals surface area contributed by atoms with Crippen molar-refractivity contribution >= 4 is 11.6 Å². The fraction of sp³-hybridized carbons (Fsp3) is 0.538. The lowest BCUT2D eigenvalue weighted by Crippen LogP contribution is -2.44. The Labute approximate surface area is 107 Å². The van der Waals surface area contributed by atoms with Gasteiger partial charge in [-0.1, -0.05) is 23.7 Å². The summed E-state index contributed by atoms with van der Waals surface area (Å²) in [5, 5.41) is 0.745. The molecule has 1 aliphatic rings. The van der Waals surface area contributed by atoms with Crippen molar-refractivity contribution in [2.45, 2.75) is 37.3 Å². The standard InChI is InChI=1S/C13H19ClN2O/c1-17-13(7-2-8-13)9-12(16-15)10-3-5-11(14)6-4-10/h3-6,12,16H,2,7-9,15H2,1H3. The lowest BCUT2D eigenvalue weighted by molar-refractivity contribution is -0.0838. The Kier molecular flexibility index (Phi) is 4.05. The molecule has 1 fully saturated rings. The maximum atomic E-state index is 5.88. The summed E-state index contributed by atoms with van der Waals surface area (Å²) in [5.74, 6) is 5.64. The van der Waals surface area contributed by atoms with E-state index in [4.69, 9.17) is 22.2 Å². The van der Waals surface area contributed by atoms with Crippen molar-refractivity contribution in [3.8, 4) is 0 Å². The molecule has 0 heterocycles. The number of nitrogens with two attached hydrogens (primary N) is 1. The number of hydrazine groups is 1. The molecule has 1 aromatic carbocycles. The Hall–Kier alpha value is -0.610. The molecule has 0 aromatic heterocycles. The molecule has 4 heteroatoms. The minimum Gasteiger partial charge on any atom is -0.378 e. The van der Waals surface area contributed by atoms with Crippen LogP contribution in [0.15, 0.2) is 24.3 Å². The van der Waals surface area contributed by atoms with Crippen molar-refractivity contribution in [2.75, 3.05) is 7.11 Å². The van der Waals surface area contributed by atoms with Gasteiger partial charge < -0.3 is 4.74 Å². The van der Waals surface area contributed by atoms with Gasteiger partial charge in [0, 0.05) is 18.2 Å². The molecule has 0 bridgehead atoms. The van der Waals surface area contributed by atoms with E-state index in [1.165, 1.54) is 6.42 Å². The quantitative estimate of drug-likeness (QED) is 0.628. The van der Waals surface area contributed by atoms with Gasteiger partial charge in [-0.25, -0.2) is 0 Å². The predicted molar refractivity (Wildman–Crippen MR) is 69.7 cm³/mol. The van der Waals surface area contributed by atoms with Crippen LogP contribution in [0.4, 0.5) is 0 Å². The summed E-state index contributed by atoms with van der Waals surface area (Å²) >= 11 is 5.88. The van der Waals surface area contributed by atoms with Crippen molar-refractivity contribution in [1.82, 2.24) is 5.43 Å². The molecule has 0 radical (unpaired) electrons. The van der Waals surface area contributed by atoms with Crippen LogP contribution >= 0.6 is 11.6 Å². The van der Waals surface area contributed by atoms with E-state index in [1.54, 1.807) is 7.11 Å². The smallest absolute Gasteiger partial charge is 0.0697 e. The van der Waals surface area contributed by atoms with Crippen LogP contribution in [0.2, 0.25) is 5.02 Å². The van der Waals surface area contributed by atoms with Crippen molar-refractivity contribution in [3.05, 3.63) is 34.9 Å². The van der Waals surface area contributed by atoms with Gasteiger partial charge in [0.15, 0.2) is 0 Å². The summed E-state index contributed by atoms with van der Waals surface area (Å²) in [5.41, 5.74) is 4.04. The molecule has 94 valence electrons. The molecule has 1 atom stereocenters. The first-order valence-corrected chi connectivity index (χ1v) is 6.34. The summed E-state index contributed by atoms with van der Waals surface area (Å²) in [6.07, 6.45) is 4.39. The Morgan fingerprint density at radius 3 is 2.47 bits per heavy atom. The molecule has 0 saturated heterocycles. The monoisotopic (exact) mass is 254 g/mol. The van der Waals surface area contributed by atoms with Crippen molar-refractivity contribution < 1.29 is 4.74 Å². The van der Waals surface area contributed by atoms with Gasteiger partial charge in [-0.15, -0.1) is 0 Å². The first-order chi connectivity index (χ1) is 8.19. The summed E-state index contributed by atoms with van der Waals surface area (Å²) in [4.78, 5) is 0. The van der Waals surface area contributed by atoms with Crippen molar-refractivity contribution in [3.63, 3.8) is 0 Å². The highest BCUT2D eigenvalue weighted by molar-refractivity contribution is 6.30. The molecule has 0 amide bonds. The Bertz CT molecular complexity index is 357. The van der Waals surface area contributed by atoms with Crippen LogP contribution in [0.5, 0.6) is 0 Å². The van der Waals surface area contributed by atoms with Crippen molar-refractivity contribution in [2.24, 2.45) is 5.84 Å². The number of rotatable bonds is 5. The average molecular weight is 255 g/mol. The molecule has 1 unspecified atom stereocenters. The van der Waals surface area contributed by atoms with Gasteiger partial charge in [0.25, 0.3) is 0 Å². The van der Waals surface area contributed by atoms with E-state index in [0.717, 1.165) is 29.8 Å². The number of methoxy groups -OCH3 is 1. The number of nitrogens with one attached hydrogen (secondary N) is 1. The van der Waals surface area contributed by atoms with Crippen LogP contribution in [0.25, 0.3) is 0 Å². The van der Waals surface area contributed by atoms with Crippen LogP contribution in [0, 0.1) is 0 Å². The van der Waals surface area contributed by atoms with E-state index < -0.39 is 0 Å². The van der Waals surface area contributed by atoms with Crippen LogP contribution < -0.4 is 11.3 Å². The molecular weight excluding hydrogens is 236 g/mol. The molecule has 1 aromatic rings. The first-order valence-electron chi connectivity index (χ1n) is 5.96. The maximum Gasteiger partial charge on any atom is 0.0697 e. The fourth-order valence-corrected chi connectivity index (χ4v) is 2.53. The lowest BCUT2D eigenvalue weighted by Gasteiger charge is -2.42.